The number of rotatable bonds is 6. The van der Waals surface area contributed by atoms with Crippen LogP contribution in [0.3, 0.4) is 0 Å². The van der Waals surface area contributed by atoms with Crippen molar-refractivity contribution in [3.63, 3.8) is 0 Å². The third-order valence-electron chi connectivity index (χ3n) is 3.08. The Labute approximate surface area is 141 Å². The van der Waals surface area contributed by atoms with Crippen LogP contribution in [0.15, 0.2) is 47.3 Å². The summed E-state index contributed by atoms with van der Waals surface area (Å²) in [5.41, 5.74) is 1.19. The van der Waals surface area contributed by atoms with E-state index >= 15 is 0 Å². The van der Waals surface area contributed by atoms with Crippen LogP contribution in [-0.2, 0) is 13.1 Å². The summed E-state index contributed by atoms with van der Waals surface area (Å²) in [5, 5.41) is 8.50. The standard InChI is InChI=1S/C15H15BrN4OS/c1-21-13-4-2-11(3-5-13)6-17-15-18-8-14(22-15)10-20-9-12(16)7-19-20/h2-5,7-9H,6,10H2,1H3,(H,17,18). The minimum Gasteiger partial charge on any atom is -0.497 e. The van der Waals surface area contributed by atoms with Crippen molar-refractivity contribution < 1.29 is 4.74 Å². The fourth-order valence-electron chi connectivity index (χ4n) is 1.97. The molecule has 0 atom stereocenters. The molecule has 1 aromatic carbocycles. The number of benzene rings is 1. The van der Waals surface area contributed by atoms with Crippen LogP contribution in [0.4, 0.5) is 5.13 Å². The number of thiazole rings is 1. The van der Waals surface area contributed by atoms with Crippen LogP contribution in [0.5, 0.6) is 5.75 Å². The van der Waals surface area contributed by atoms with Crippen LogP contribution >= 0.6 is 27.3 Å². The van der Waals surface area contributed by atoms with Gasteiger partial charge >= 0.3 is 0 Å². The molecule has 0 bridgehead atoms. The molecule has 0 aliphatic carbocycles. The Morgan fingerprint density at radius 3 is 2.77 bits per heavy atom. The van der Waals surface area contributed by atoms with Gasteiger partial charge in [-0.1, -0.05) is 12.1 Å². The fraction of sp³-hybridized carbons (Fsp3) is 0.200. The lowest BCUT2D eigenvalue weighted by Gasteiger charge is -2.04. The largest absolute Gasteiger partial charge is 0.497 e. The Morgan fingerprint density at radius 2 is 2.09 bits per heavy atom. The zero-order chi connectivity index (χ0) is 15.4. The van der Waals surface area contributed by atoms with E-state index in [4.69, 9.17) is 4.74 Å². The SMILES string of the molecule is COc1ccc(CNc2ncc(Cn3cc(Br)cn3)s2)cc1. The number of methoxy groups -OCH3 is 1. The van der Waals surface area contributed by atoms with Crippen LogP contribution in [0.25, 0.3) is 0 Å². The maximum atomic E-state index is 5.15. The highest BCUT2D eigenvalue weighted by Crippen LogP contribution is 2.20. The van der Waals surface area contributed by atoms with Crippen molar-refractivity contribution in [2.45, 2.75) is 13.1 Å². The van der Waals surface area contributed by atoms with Gasteiger partial charge in [-0.3, -0.25) is 4.68 Å². The molecule has 0 fully saturated rings. The van der Waals surface area contributed by atoms with Gasteiger partial charge < -0.3 is 10.1 Å². The molecule has 5 nitrogen and oxygen atoms in total. The average molecular weight is 379 g/mol. The summed E-state index contributed by atoms with van der Waals surface area (Å²) in [6, 6.07) is 8.00. The number of aromatic nitrogens is 3. The van der Waals surface area contributed by atoms with E-state index in [0.717, 1.165) is 33.3 Å². The van der Waals surface area contributed by atoms with Gasteiger partial charge in [0.1, 0.15) is 5.75 Å². The molecule has 0 aliphatic heterocycles. The van der Waals surface area contributed by atoms with Crippen molar-refractivity contribution in [3.8, 4) is 5.75 Å². The van der Waals surface area contributed by atoms with Crippen molar-refractivity contribution >= 4 is 32.4 Å². The summed E-state index contributed by atoms with van der Waals surface area (Å²) in [5.74, 6) is 0.866. The Balaban J connectivity index is 1.56. The minimum absolute atomic E-state index is 0.730. The highest BCUT2D eigenvalue weighted by atomic mass is 79.9. The molecular formula is C15H15BrN4OS. The van der Waals surface area contributed by atoms with Crippen LogP contribution in [0.1, 0.15) is 10.4 Å². The predicted octanol–water partition coefficient (Wildman–Crippen LogP) is 3.77. The third-order valence-corrected chi connectivity index (χ3v) is 4.43. The van der Waals surface area contributed by atoms with Crippen molar-refractivity contribution in [2.24, 2.45) is 0 Å². The Bertz CT molecular complexity index is 738. The van der Waals surface area contributed by atoms with Gasteiger partial charge in [-0.25, -0.2) is 4.98 Å². The molecule has 7 heteroatoms. The van der Waals surface area contributed by atoms with Gasteiger partial charge in [0.2, 0.25) is 0 Å². The summed E-state index contributed by atoms with van der Waals surface area (Å²) >= 11 is 5.04. The van der Waals surface area contributed by atoms with Gasteiger partial charge in [0.05, 0.1) is 24.3 Å². The van der Waals surface area contributed by atoms with Gasteiger partial charge in [-0.05, 0) is 33.6 Å². The zero-order valence-corrected chi connectivity index (χ0v) is 14.4. The lowest BCUT2D eigenvalue weighted by molar-refractivity contribution is 0.414. The van der Waals surface area contributed by atoms with Crippen molar-refractivity contribution in [1.82, 2.24) is 14.8 Å². The van der Waals surface area contributed by atoms with Crippen LogP contribution in [0.2, 0.25) is 0 Å². The van der Waals surface area contributed by atoms with Crippen LogP contribution in [-0.4, -0.2) is 21.9 Å². The molecule has 0 saturated heterocycles. The van der Waals surface area contributed by atoms with Gasteiger partial charge in [-0.15, -0.1) is 11.3 Å². The van der Waals surface area contributed by atoms with Gasteiger partial charge in [0.25, 0.3) is 0 Å². The molecule has 0 unspecified atom stereocenters. The van der Waals surface area contributed by atoms with Gasteiger partial charge in [0.15, 0.2) is 5.13 Å². The summed E-state index contributed by atoms with van der Waals surface area (Å²) in [4.78, 5) is 5.56. The normalized spacial score (nSPS) is 10.6. The number of anilines is 1. The molecule has 2 aromatic heterocycles. The van der Waals surface area contributed by atoms with Crippen molar-refractivity contribution in [3.05, 3.63) is 57.8 Å². The maximum Gasteiger partial charge on any atom is 0.183 e. The second-order valence-electron chi connectivity index (χ2n) is 4.69. The van der Waals surface area contributed by atoms with Crippen LogP contribution in [0, 0.1) is 0 Å². The smallest absolute Gasteiger partial charge is 0.183 e. The first-order chi connectivity index (χ1) is 10.7. The first kappa shape index (κ1) is 15.1. The Kier molecular flexibility index (Phi) is 4.74. The van der Waals surface area contributed by atoms with E-state index in [-0.39, 0.29) is 0 Å². The maximum absolute atomic E-state index is 5.15. The number of hydrogen-bond donors (Lipinski definition) is 1. The lowest BCUT2D eigenvalue weighted by atomic mass is 10.2. The third kappa shape index (κ3) is 3.86. The first-order valence-electron chi connectivity index (χ1n) is 6.72. The zero-order valence-electron chi connectivity index (χ0n) is 12.0. The molecule has 22 heavy (non-hydrogen) atoms. The topological polar surface area (TPSA) is 52.0 Å². The fourth-order valence-corrected chi connectivity index (χ4v) is 3.10. The molecule has 1 N–H and O–H groups in total. The highest BCUT2D eigenvalue weighted by molar-refractivity contribution is 9.10. The summed E-state index contributed by atoms with van der Waals surface area (Å²) < 4.78 is 8.01. The van der Waals surface area contributed by atoms with Crippen LogP contribution < -0.4 is 10.1 Å². The molecule has 0 saturated carbocycles. The second-order valence-corrected chi connectivity index (χ2v) is 6.72. The lowest BCUT2D eigenvalue weighted by Crippen LogP contribution is -1.98. The summed E-state index contributed by atoms with van der Waals surface area (Å²) in [7, 11) is 1.67. The predicted molar refractivity (Wildman–Crippen MR) is 91.5 cm³/mol. The molecule has 114 valence electrons. The molecule has 0 spiro atoms. The molecule has 0 aliphatic rings. The van der Waals surface area contributed by atoms with Gasteiger partial charge in [-0.2, -0.15) is 5.10 Å². The number of ether oxygens (including phenoxy) is 1. The summed E-state index contributed by atoms with van der Waals surface area (Å²) in [6.45, 7) is 1.47. The quantitative estimate of drug-likeness (QED) is 0.709. The van der Waals surface area contributed by atoms with E-state index in [9.17, 15) is 0 Å². The molecular weight excluding hydrogens is 364 g/mol. The number of nitrogens with zero attached hydrogens (tertiary/aromatic N) is 3. The van der Waals surface area contributed by atoms with E-state index in [1.54, 1.807) is 24.6 Å². The highest BCUT2D eigenvalue weighted by Gasteiger charge is 2.04. The molecule has 0 radical (unpaired) electrons. The van der Waals surface area contributed by atoms with Crippen molar-refractivity contribution in [2.75, 3.05) is 12.4 Å². The van der Waals surface area contributed by atoms with Crippen molar-refractivity contribution in [1.29, 1.82) is 0 Å². The monoisotopic (exact) mass is 378 g/mol. The number of nitrogens with one attached hydrogen (secondary N) is 1. The van der Waals surface area contributed by atoms with E-state index in [2.05, 4.69) is 31.3 Å². The molecule has 2 heterocycles. The number of halogens is 1. The van der Waals surface area contributed by atoms with Gasteiger partial charge in [0, 0.05) is 23.8 Å². The molecule has 0 amide bonds. The Hall–Kier alpha value is -1.86. The molecule has 3 rings (SSSR count). The van der Waals surface area contributed by atoms with E-state index < -0.39 is 0 Å². The van der Waals surface area contributed by atoms with E-state index in [1.165, 1.54) is 5.56 Å². The Morgan fingerprint density at radius 1 is 1.27 bits per heavy atom. The number of hydrogen-bond acceptors (Lipinski definition) is 5. The van der Waals surface area contributed by atoms with E-state index in [1.807, 2.05) is 41.3 Å². The first-order valence-corrected chi connectivity index (χ1v) is 8.33. The summed E-state index contributed by atoms with van der Waals surface area (Å²) in [6.07, 6.45) is 5.62. The second kappa shape index (κ2) is 6.93. The minimum atomic E-state index is 0.730. The average Bonchev–Trinajstić information content (AvgIpc) is 3.15. The van der Waals surface area contributed by atoms with E-state index in [0.29, 0.717) is 0 Å². The molecule has 3 aromatic rings.